The van der Waals surface area contributed by atoms with Crippen molar-refractivity contribution < 1.29 is 9.59 Å². The van der Waals surface area contributed by atoms with E-state index in [2.05, 4.69) is 5.32 Å². The van der Waals surface area contributed by atoms with Crippen molar-refractivity contribution in [2.75, 3.05) is 0 Å². The van der Waals surface area contributed by atoms with Crippen LogP contribution >= 0.6 is 0 Å². The molecule has 96 valence electrons. The van der Waals surface area contributed by atoms with Crippen molar-refractivity contribution in [3.05, 3.63) is 35.4 Å². The van der Waals surface area contributed by atoms with E-state index in [1.807, 2.05) is 31.2 Å². The standard InChI is InChI=1S/C15H19NO2/c1-2-11-5-3-4-6-14(11)15(18)16-12-7-9-13(17)10-8-12/h3-6,12H,2,7-10H2,1H3,(H,16,18). The van der Waals surface area contributed by atoms with Crippen LogP contribution in [0, 0.1) is 0 Å². The SMILES string of the molecule is CCc1ccccc1C(=O)NC1CCC(=O)CC1. The lowest BCUT2D eigenvalue weighted by Gasteiger charge is -2.22. The molecule has 1 saturated carbocycles. The zero-order valence-electron chi connectivity index (χ0n) is 10.7. The molecule has 3 nitrogen and oxygen atoms in total. The van der Waals surface area contributed by atoms with Crippen molar-refractivity contribution in [2.45, 2.75) is 45.1 Å². The fourth-order valence-corrected chi connectivity index (χ4v) is 2.40. The number of nitrogens with one attached hydrogen (secondary N) is 1. The summed E-state index contributed by atoms with van der Waals surface area (Å²) in [4.78, 5) is 23.3. The van der Waals surface area contributed by atoms with E-state index in [9.17, 15) is 9.59 Å². The van der Waals surface area contributed by atoms with E-state index in [-0.39, 0.29) is 11.9 Å². The van der Waals surface area contributed by atoms with E-state index in [0.29, 0.717) is 18.6 Å². The second kappa shape index (κ2) is 5.80. The summed E-state index contributed by atoms with van der Waals surface area (Å²) in [6, 6.07) is 7.84. The second-order valence-corrected chi connectivity index (χ2v) is 4.80. The number of carbonyl (C=O) groups excluding carboxylic acids is 2. The second-order valence-electron chi connectivity index (χ2n) is 4.80. The normalized spacial score (nSPS) is 16.6. The quantitative estimate of drug-likeness (QED) is 0.889. The molecular formula is C15H19NO2. The summed E-state index contributed by atoms with van der Waals surface area (Å²) < 4.78 is 0. The van der Waals surface area contributed by atoms with Gasteiger partial charge in [0.1, 0.15) is 5.78 Å². The minimum Gasteiger partial charge on any atom is -0.349 e. The van der Waals surface area contributed by atoms with Crippen LogP contribution in [0.4, 0.5) is 0 Å². The fourth-order valence-electron chi connectivity index (χ4n) is 2.40. The number of carbonyl (C=O) groups is 2. The van der Waals surface area contributed by atoms with Crippen LogP contribution in [0.15, 0.2) is 24.3 Å². The lowest BCUT2D eigenvalue weighted by molar-refractivity contribution is -0.120. The van der Waals surface area contributed by atoms with Crippen molar-refractivity contribution in [3.63, 3.8) is 0 Å². The molecule has 0 bridgehead atoms. The lowest BCUT2D eigenvalue weighted by atomic mass is 9.94. The molecule has 1 aliphatic rings. The van der Waals surface area contributed by atoms with Crippen molar-refractivity contribution >= 4 is 11.7 Å². The highest BCUT2D eigenvalue weighted by molar-refractivity contribution is 5.96. The largest absolute Gasteiger partial charge is 0.349 e. The Morgan fingerprint density at radius 3 is 2.61 bits per heavy atom. The Labute approximate surface area is 108 Å². The van der Waals surface area contributed by atoms with Gasteiger partial charge >= 0.3 is 0 Å². The summed E-state index contributed by atoms with van der Waals surface area (Å²) in [5.74, 6) is 0.307. The van der Waals surface area contributed by atoms with Gasteiger partial charge in [-0.2, -0.15) is 0 Å². The number of ketones is 1. The molecule has 0 atom stereocenters. The molecule has 0 aromatic heterocycles. The predicted octanol–water partition coefficient (Wildman–Crippen LogP) is 2.49. The molecule has 18 heavy (non-hydrogen) atoms. The third-order valence-corrected chi connectivity index (χ3v) is 3.52. The van der Waals surface area contributed by atoms with E-state index in [4.69, 9.17) is 0 Å². The van der Waals surface area contributed by atoms with Crippen LogP contribution in [0.2, 0.25) is 0 Å². The molecule has 1 aliphatic carbocycles. The van der Waals surface area contributed by atoms with Crippen molar-refractivity contribution in [1.82, 2.24) is 5.32 Å². The van der Waals surface area contributed by atoms with Gasteiger partial charge in [-0.25, -0.2) is 0 Å². The third kappa shape index (κ3) is 2.97. The summed E-state index contributed by atoms with van der Waals surface area (Å²) in [5, 5.41) is 3.04. The van der Waals surface area contributed by atoms with Gasteiger partial charge in [-0.3, -0.25) is 9.59 Å². The lowest BCUT2D eigenvalue weighted by Crippen LogP contribution is -2.38. The maximum atomic E-state index is 12.2. The summed E-state index contributed by atoms with van der Waals surface area (Å²) in [6.45, 7) is 2.05. The van der Waals surface area contributed by atoms with Gasteiger partial charge in [0.15, 0.2) is 0 Å². The molecule has 0 spiro atoms. The van der Waals surface area contributed by atoms with E-state index < -0.39 is 0 Å². The Bertz CT molecular complexity index is 444. The van der Waals surface area contributed by atoms with Crippen LogP contribution in [0.25, 0.3) is 0 Å². The molecule has 1 amide bonds. The summed E-state index contributed by atoms with van der Waals surface area (Å²) in [6.07, 6.45) is 3.60. The number of hydrogen-bond acceptors (Lipinski definition) is 2. The third-order valence-electron chi connectivity index (χ3n) is 3.52. The molecule has 1 aromatic rings. The molecule has 0 aliphatic heterocycles. The van der Waals surface area contributed by atoms with E-state index in [1.165, 1.54) is 0 Å². The van der Waals surface area contributed by atoms with Crippen molar-refractivity contribution in [1.29, 1.82) is 0 Å². The Morgan fingerprint density at radius 2 is 1.94 bits per heavy atom. The topological polar surface area (TPSA) is 46.2 Å². The smallest absolute Gasteiger partial charge is 0.251 e. The van der Waals surface area contributed by atoms with Crippen molar-refractivity contribution in [2.24, 2.45) is 0 Å². The maximum absolute atomic E-state index is 12.2. The van der Waals surface area contributed by atoms with Gasteiger partial charge in [-0.1, -0.05) is 25.1 Å². The summed E-state index contributed by atoms with van der Waals surface area (Å²) >= 11 is 0. The van der Waals surface area contributed by atoms with Gasteiger partial charge in [0.2, 0.25) is 0 Å². The van der Waals surface area contributed by atoms with Crippen LogP contribution in [0.1, 0.15) is 48.5 Å². The number of rotatable bonds is 3. The van der Waals surface area contributed by atoms with Crippen LogP contribution in [0.3, 0.4) is 0 Å². The van der Waals surface area contributed by atoms with Gasteiger partial charge in [-0.05, 0) is 30.9 Å². The molecule has 1 fully saturated rings. The number of hydrogen-bond donors (Lipinski definition) is 1. The average Bonchev–Trinajstić information content (AvgIpc) is 2.41. The van der Waals surface area contributed by atoms with Gasteiger partial charge in [0.25, 0.3) is 5.91 Å². The fraction of sp³-hybridized carbons (Fsp3) is 0.467. The Balaban J connectivity index is 2.01. The summed E-state index contributed by atoms with van der Waals surface area (Å²) in [5.41, 5.74) is 1.83. The number of aryl methyl sites for hydroxylation is 1. The molecule has 3 heteroatoms. The molecule has 0 heterocycles. The van der Waals surface area contributed by atoms with Crippen molar-refractivity contribution in [3.8, 4) is 0 Å². The van der Waals surface area contributed by atoms with Crippen LogP contribution < -0.4 is 5.32 Å². The Morgan fingerprint density at radius 1 is 1.28 bits per heavy atom. The Hall–Kier alpha value is -1.64. The number of benzene rings is 1. The molecule has 0 unspecified atom stereocenters. The molecule has 1 N–H and O–H groups in total. The Kier molecular flexibility index (Phi) is 4.13. The molecule has 0 saturated heterocycles. The zero-order valence-corrected chi connectivity index (χ0v) is 10.7. The molecular weight excluding hydrogens is 226 g/mol. The number of amides is 1. The minimum absolute atomic E-state index is 0.00759. The minimum atomic E-state index is -0.00759. The first-order valence-corrected chi connectivity index (χ1v) is 6.61. The van der Waals surface area contributed by atoms with Gasteiger partial charge in [0.05, 0.1) is 0 Å². The average molecular weight is 245 g/mol. The molecule has 0 radical (unpaired) electrons. The highest BCUT2D eigenvalue weighted by Gasteiger charge is 2.21. The van der Waals surface area contributed by atoms with Crippen LogP contribution in [0.5, 0.6) is 0 Å². The highest BCUT2D eigenvalue weighted by atomic mass is 16.1. The number of Topliss-reactive ketones (excluding diaryl/α,β-unsaturated/α-hetero) is 1. The first kappa shape index (κ1) is 12.8. The van der Waals surface area contributed by atoms with E-state index in [0.717, 1.165) is 30.4 Å². The van der Waals surface area contributed by atoms with E-state index >= 15 is 0 Å². The van der Waals surface area contributed by atoms with Crippen LogP contribution in [-0.2, 0) is 11.2 Å². The van der Waals surface area contributed by atoms with Gasteiger partial charge in [0, 0.05) is 24.4 Å². The van der Waals surface area contributed by atoms with Crippen LogP contribution in [-0.4, -0.2) is 17.7 Å². The van der Waals surface area contributed by atoms with Gasteiger partial charge < -0.3 is 5.32 Å². The molecule has 1 aromatic carbocycles. The zero-order chi connectivity index (χ0) is 13.0. The first-order chi connectivity index (χ1) is 8.70. The highest BCUT2D eigenvalue weighted by Crippen LogP contribution is 2.16. The first-order valence-electron chi connectivity index (χ1n) is 6.61. The maximum Gasteiger partial charge on any atom is 0.251 e. The predicted molar refractivity (Wildman–Crippen MR) is 70.5 cm³/mol. The summed E-state index contributed by atoms with van der Waals surface area (Å²) in [7, 11) is 0. The monoisotopic (exact) mass is 245 g/mol. The van der Waals surface area contributed by atoms with E-state index in [1.54, 1.807) is 0 Å². The van der Waals surface area contributed by atoms with Gasteiger partial charge in [-0.15, -0.1) is 0 Å². The molecule has 2 rings (SSSR count).